The van der Waals surface area contributed by atoms with Crippen LogP contribution in [0, 0.1) is 5.41 Å². The zero-order valence-electron chi connectivity index (χ0n) is 10.9. The fraction of sp³-hybridized carbons (Fsp3) is 0.833. The van der Waals surface area contributed by atoms with Crippen molar-refractivity contribution in [1.82, 2.24) is 4.90 Å². The minimum absolute atomic E-state index is 0.0471. The van der Waals surface area contributed by atoms with E-state index in [-0.39, 0.29) is 24.4 Å². The molecule has 1 unspecified atom stereocenters. The van der Waals surface area contributed by atoms with E-state index in [4.69, 9.17) is 15.7 Å². The summed E-state index contributed by atoms with van der Waals surface area (Å²) in [5.74, 6) is -0.202. The fourth-order valence-corrected chi connectivity index (χ4v) is 2.96. The van der Waals surface area contributed by atoms with Crippen LogP contribution in [0.25, 0.3) is 0 Å². The summed E-state index contributed by atoms with van der Waals surface area (Å²) < 4.78 is 5.27. The summed E-state index contributed by atoms with van der Waals surface area (Å²) in [5, 5.41) is 21.4. The van der Waals surface area contributed by atoms with Crippen LogP contribution in [0.4, 0.5) is 0 Å². The summed E-state index contributed by atoms with van der Waals surface area (Å²) >= 11 is 0. The fourth-order valence-electron chi connectivity index (χ4n) is 2.96. The number of oxime groups is 1. The standard InChI is InChI=1S/C12H21N3O4/c13-10(14-18)12(3-6-19-7-4-12)11(17)15-5-1-2-9(15)8-16/h9,16,18H,1-8H2,(H2,13,14). The molecule has 0 aromatic carbocycles. The second-order valence-corrected chi connectivity index (χ2v) is 5.16. The first kappa shape index (κ1) is 14.1. The van der Waals surface area contributed by atoms with E-state index in [1.54, 1.807) is 4.90 Å². The Morgan fingerprint density at radius 1 is 1.47 bits per heavy atom. The summed E-state index contributed by atoms with van der Waals surface area (Å²) in [6, 6.07) is -0.154. The van der Waals surface area contributed by atoms with E-state index in [1.807, 2.05) is 0 Å². The predicted octanol–water partition coefficient (Wildman–Crippen LogP) is -0.487. The maximum absolute atomic E-state index is 12.8. The number of likely N-dealkylation sites (tertiary alicyclic amines) is 1. The highest BCUT2D eigenvalue weighted by Gasteiger charge is 2.48. The molecule has 1 amide bonds. The SMILES string of the molecule is NC(=NO)C1(C(=O)N2CCCC2CO)CCOCC1. The molecule has 0 saturated carbocycles. The van der Waals surface area contributed by atoms with Gasteiger partial charge in [0, 0.05) is 19.8 Å². The number of carbonyl (C=O) groups is 1. The minimum atomic E-state index is -0.981. The van der Waals surface area contributed by atoms with E-state index in [9.17, 15) is 9.90 Å². The smallest absolute Gasteiger partial charge is 0.237 e. The number of amidine groups is 1. The lowest BCUT2D eigenvalue weighted by Crippen LogP contribution is -2.55. The summed E-state index contributed by atoms with van der Waals surface area (Å²) in [5.41, 5.74) is 4.79. The molecular formula is C12H21N3O4. The van der Waals surface area contributed by atoms with Gasteiger partial charge in [0.2, 0.25) is 5.91 Å². The van der Waals surface area contributed by atoms with E-state index in [0.717, 1.165) is 12.8 Å². The molecule has 0 aliphatic carbocycles. The van der Waals surface area contributed by atoms with Crippen molar-refractivity contribution in [3.05, 3.63) is 0 Å². The third kappa shape index (κ3) is 2.40. The first-order chi connectivity index (χ1) is 9.15. The van der Waals surface area contributed by atoms with E-state index in [0.29, 0.717) is 32.6 Å². The van der Waals surface area contributed by atoms with Crippen LogP contribution in [-0.2, 0) is 9.53 Å². The molecule has 108 valence electrons. The molecule has 0 aromatic rings. The Labute approximate surface area is 112 Å². The van der Waals surface area contributed by atoms with Gasteiger partial charge in [0.25, 0.3) is 0 Å². The Morgan fingerprint density at radius 3 is 2.74 bits per heavy atom. The number of rotatable bonds is 3. The second-order valence-electron chi connectivity index (χ2n) is 5.16. The summed E-state index contributed by atoms with van der Waals surface area (Å²) in [6.07, 6.45) is 2.50. The van der Waals surface area contributed by atoms with E-state index >= 15 is 0 Å². The van der Waals surface area contributed by atoms with Crippen molar-refractivity contribution in [3.63, 3.8) is 0 Å². The van der Waals surface area contributed by atoms with Gasteiger partial charge in [-0.15, -0.1) is 0 Å². The third-order valence-corrected chi connectivity index (χ3v) is 4.20. The van der Waals surface area contributed by atoms with Crippen molar-refractivity contribution < 1.29 is 19.8 Å². The van der Waals surface area contributed by atoms with Crippen molar-refractivity contribution in [3.8, 4) is 0 Å². The van der Waals surface area contributed by atoms with Gasteiger partial charge in [-0.2, -0.15) is 0 Å². The van der Waals surface area contributed by atoms with Gasteiger partial charge in [0.05, 0.1) is 12.6 Å². The molecule has 1 atom stereocenters. The highest BCUT2D eigenvalue weighted by molar-refractivity contribution is 6.07. The van der Waals surface area contributed by atoms with Gasteiger partial charge in [-0.05, 0) is 25.7 Å². The zero-order valence-corrected chi connectivity index (χ0v) is 10.9. The van der Waals surface area contributed by atoms with Gasteiger partial charge >= 0.3 is 0 Å². The van der Waals surface area contributed by atoms with Gasteiger partial charge in [-0.25, -0.2) is 0 Å². The lowest BCUT2D eigenvalue weighted by molar-refractivity contribution is -0.144. The minimum Gasteiger partial charge on any atom is -0.409 e. The molecule has 4 N–H and O–H groups in total. The summed E-state index contributed by atoms with van der Waals surface area (Å²) in [7, 11) is 0. The van der Waals surface area contributed by atoms with Crippen LogP contribution in [0.5, 0.6) is 0 Å². The molecule has 2 rings (SSSR count). The molecule has 0 spiro atoms. The van der Waals surface area contributed by atoms with Crippen LogP contribution in [0.15, 0.2) is 5.16 Å². The molecule has 0 bridgehead atoms. The molecule has 19 heavy (non-hydrogen) atoms. The number of aliphatic hydroxyl groups excluding tert-OH is 1. The Bertz CT molecular complexity index is 366. The van der Waals surface area contributed by atoms with Crippen molar-refractivity contribution in [2.45, 2.75) is 31.7 Å². The van der Waals surface area contributed by atoms with Gasteiger partial charge in [0.1, 0.15) is 5.41 Å². The van der Waals surface area contributed by atoms with Gasteiger partial charge < -0.3 is 25.7 Å². The molecule has 7 nitrogen and oxygen atoms in total. The Hall–Kier alpha value is -1.34. The van der Waals surface area contributed by atoms with E-state index < -0.39 is 5.41 Å². The van der Waals surface area contributed by atoms with Crippen LogP contribution in [0.1, 0.15) is 25.7 Å². The lowest BCUT2D eigenvalue weighted by atomic mass is 9.77. The van der Waals surface area contributed by atoms with Crippen LogP contribution in [0.2, 0.25) is 0 Å². The third-order valence-electron chi connectivity index (χ3n) is 4.20. The molecule has 7 heteroatoms. The monoisotopic (exact) mass is 271 g/mol. The molecule has 0 radical (unpaired) electrons. The average Bonchev–Trinajstić information content (AvgIpc) is 2.94. The predicted molar refractivity (Wildman–Crippen MR) is 67.7 cm³/mol. The number of carbonyl (C=O) groups excluding carboxylic acids is 1. The molecule has 2 saturated heterocycles. The van der Waals surface area contributed by atoms with E-state index in [1.165, 1.54) is 0 Å². The number of nitrogens with zero attached hydrogens (tertiary/aromatic N) is 2. The number of amides is 1. The Balaban J connectivity index is 2.25. The molecule has 2 aliphatic rings. The van der Waals surface area contributed by atoms with Crippen LogP contribution < -0.4 is 5.73 Å². The first-order valence-electron chi connectivity index (χ1n) is 6.63. The van der Waals surface area contributed by atoms with Crippen LogP contribution in [-0.4, -0.2) is 59.4 Å². The highest BCUT2D eigenvalue weighted by atomic mass is 16.5. The first-order valence-corrected chi connectivity index (χ1v) is 6.63. The van der Waals surface area contributed by atoms with Crippen molar-refractivity contribution in [2.75, 3.05) is 26.4 Å². The maximum Gasteiger partial charge on any atom is 0.237 e. The zero-order chi connectivity index (χ0) is 13.9. The van der Waals surface area contributed by atoms with Gasteiger partial charge in [0.15, 0.2) is 5.84 Å². The topological polar surface area (TPSA) is 108 Å². The molecular weight excluding hydrogens is 250 g/mol. The number of hydrogen-bond donors (Lipinski definition) is 3. The highest BCUT2D eigenvalue weighted by Crippen LogP contribution is 2.35. The Morgan fingerprint density at radius 2 is 2.16 bits per heavy atom. The van der Waals surface area contributed by atoms with Crippen molar-refractivity contribution in [2.24, 2.45) is 16.3 Å². The molecule has 0 aromatic heterocycles. The van der Waals surface area contributed by atoms with Gasteiger partial charge in [-0.1, -0.05) is 5.16 Å². The number of aliphatic hydroxyl groups is 1. The average molecular weight is 271 g/mol. The number of nitrogens with two attached hydrogens (primary N) is 1. The largest absolute Gasteiger partial charge is 0.409 e. The second kappa shape index (κ2) is 5.75. The van der Waals surface area contributed by atoms with Crippen molar-refractivity contribution >= 4 is 11.7 Å². The quantitative estimate of drug-likeness (QED) is 0.278. The summed E-state index contributed by atoms with van der Waals surface area (Å²) in [6.45, 7) is 1.40. The van der Waals surface area contributed by atoms with E-state index in [2.05, 4.69) is 5.16 Å². The van der Waals surface area contributed by atoms with Crippen molar-refractivity contribution in [1.29, 1.82) is 0 Å². The maximum atomic E-state index is 12.8. The van der Waals surface area contributed by atoms with Crippen LogP contribution >= 0.6 is 0 Å². The molecule has 2 heterocycles. The van der Waals surface area contributed by atoms with Gasteiger partial charge in [-0.3, -0.25) is 4.79 Å². The number of ether oxygens (including phenoxy) is 1. The molecule has 2 aliphatic heterocycles. The van der Waals surface area contributed by atoms with Crippen LogP contribution in [0.3, 0.4) is 0 Å². The lowest BCUT2D eigenvalue weighted by Gasteiger charge is -2.39. The number of hydrogen-bond acceptors (Lipinski definition) is 5. The Kier molecular flexibility index (Phi) is 4.26. The molecule has 2 fully saturated rings. The normalized spacial score (nSPS) is 27.5. The summed E-state index contributed by atoms with van der Waals surface area (Å²) in [4.78, 5) is 14.4.